The molecule has 0 saturated carbocycles. The molecule has 2 rings (SSSR count). The van der Waals surface area contributed by atoms with E-state index < -0.39 is 34.2 Å². The molecule has 154 valence electrons. The zero-order chi connectivity index (χ0) is 21.6. The first-order valence-electron chi connectivity index (χ1n) is 8.34. The van der Waals surface area contributed by atoms with Crippen molar-refractivity contribution in [2.45, 2.75) is 11.8 Å². The van der Waals surface area contributed by atoms with Crippen LogP contribution in [0.5, 0.6) is 0 Å². The summed E-state index contributed by atoms with van der Waals surface area (Å²) in [6.45, 7) is 1.33. The number of hydrogen-bond acceptors (Lipinski definition) is 4. The summed E-state index contributed by atoms with van der Waals surface area (Å²) in [4.78, 5) is 23.8. The van der Waals surface area contributed by atoms with Gasteiger partial charge < -0.3 is 0 Å². The molecule has 2 aromatic rings. The molecule has 0 aliphatic heterocycles. The number of hydrazine groups is 1. The second kappa shape index (κ2) is 9.77. The molecule has 2 aromatic carbocycles. The molecular formula is C19H19BrFN3O4S. The van der Waals surface area contributed by atoms with Crippen LogP contribution in [0.15, 0.2) is 57.9 Å². The second-order valence-corrected chi connectivity index (χ2v) is 9.07. The number of aryl methyl sites for hydroxylation is 1. The number of rotatable bonds is 6. The molecule has 0 heterocycles. The Morgan fingerprint density at radius 3 is 2.45 bits per heavy atom. The van der Waals surface area contributed by atoms with Gasteiger partial charge in [-0.2, -0.15) is 4.31 Å². The first kappa shape index (κ1) is 22.7. The zero-order valence-corrected chi connectivity index (χ0v) is 18.1. The van der Waals surface area contributed by atoms with E-state index in [0.29, 0.717) is 4.47 Å². The van der Waals surface area contributed by atoms with Crippen LogP contribution in [-0.2, 0) is 19.6 Å². The Labute approximate surface area is 176 Å². The highest BCUT2D eigenvalue weighted by molar-refractivity contribution is 9.10. The Morgan fingerprint density at radius 2 is 1.79 bits per heavy atom. The number of nitrogens with zero attached hydrogens (tertiary/aromatic N) is 1. The molecule has 7 nitrogen and oxygen atoms in total. The molecule has 0 atom stereocenters. The summed E-state index contributed by atoms with van der Waals surface area (Å²) in [5.41, 5.74) is 5.31. The molecule has 0 aromatic heterocycles. The van der Waals surface area contributed by atoms with Gasteiger partial charge in [0.25, 0.3) is 11.8 Å². The normalized spacial score (nSPS) is 11.6. The minimum atomic E-state index is -3.84. The van der Waals surface area contributed by atoms with E-state index in [0.717, 1.165) is 15.9 Å². The summed E-state index contributed by atoms with van der Waals surface area (Å²) < 4.78 is 40.0. The summed E-state index contributed by atoms with van der Waals surface area (Å²) in [5.74, 6) is -1.95. The van der Waals surface area contributed by atoms with Gasteiger partial charge in [-0.05, 0) is 43.3 Å². The number of likely N-dealkylation sites (N-methyl/N-ethyl adjacent to an activating group) is 1. The van der Waals surface area contributed by atoms with E-state index in [1.54, 1.807) is 12.1 Å². The van der Waals surface area contributed by atoms with Gasteiger partial charge in [-0.1, -0.05) is 33.6 Å². The van der Waals surface area contributed by atoms with Gasteiger partial charge in [-0.3, -0.25) is 20.4 Å². The van der Waals surface area contributed by atoms with Crippen LogP contribution in [0.25, 0.3) is 6.08 Å². The third-order valence-corrected chi connectivity index (χ3v) is 6.10. The highest BCUT2D eigenvalue weighted by Crippen LogP contribution is 2.17. The molecule has 2 N–H and O–H groups in total. The highest BCUT2D eigenvalue weighted by Gasteiger charge is 2.22. The number of hydrogen-bond donors (Lipinski definition) is 2. The predicted molar refractivity (Wildman–Crippen MR) is 110 cm³/mol. The van der Waals surface area contributed by atoms with E-state index in [1.807, 2.05) is 6.92 Å². The molecule has 0 spiro atoms. The minimum absolute atomic E-state index is 0.0569. The quantitative estimate of drug-likeness (QED) is 0.486. The fourth-order valence-corrected chi connectivity index (χ4v) is 3.70. The van der Waals surface area contributed by atoms with Crippen LogP contribution >= 0.6 is 15.9 Å². The SMILES string of the molecule is Cc1ccc(S(=O)(=O)N(C)CC(=O)NNC(=O)/C=C/c2cc(Br)ccc2F)cc1. The van der Waals surface area contributed by atoms with E-state index in [2.05, 4.69) is 26.8 Å². The molecule has 0 saturated heterocycles. The van der Waals surface area contributed by atoms with Crippen molar-refractivity contribution in [2.75, 3.05) is 13.6 Å². The molecule has 0 bridgehead atoms. The molecule has 29 heavy (non-hydrogen) atoms. The molecule has 0 radical (unpaired) electrons. The lowest BCUT2D eigenvalue weighted by Crippen LogP contribution is -2.46. The molecule has 0 unspecified atom stereocenters. The molecule has 0 fully saturated rings. The lowest BCUT2D eigenvalue weighted by Gasteiger charge is -2.17. The maximum Gasteiger partial charge on any atom is 0.262 e. The van der Waals surface area contributed by atoms with Gasteiger partial charge >= 0.3 is 0 Å². The standard InChI is InChI=1S/C19H19BrFN3O4S/c1-13-3-7-16(8-4-13)29(27,28)24(2)12-19(26)23-22-18(25)10-5-14-11-15(20)6-9-17(14)21/h3-11H,12H2,1-2H3,(H,22,25)(H,23,26)/b10-5+. The van der Waals surface area contributed by atoms with E-state index in [9.17, 15) is 22.4 Å². The largest absolute Gasteiger partial charge is 0.272 e. The van der Waals surface area contributed by atoms with Crippen LogP contribution in [0.3, 0.4) is 0 Å². The second-order valence-electron chi connectivity index (χ2n) is 6.11. The molecule has 10 heteroatoms. The lowest BCUT2D eigenvalue weighted by molar-refractivity contribution is -0.126. The highest BCUT2D eigenvalue weighted by atomic mass is 79.9. The van der Waals surface area contributed by atoms with Crippen molar-refractivity contribution >= 4 is 43.8 Å². The number of carbonyl (C=O) groups is 2. The van der Waals surface area contributed by atoms with Gasteiger partial charge in [0.05, 0.1) is 11.4 Å². The monoisotopic (exact) mass is 483 g/mol. The van der Waals surface area contributed by atoms with E-state index >= 15 is 0 Å². The van der Waals surface area contributed by atoms with Gasteiger partial charge in [0, 0.05) is 23.2 Å². The minimum Gasteiger partial charge on any atom is -0.272 e. The number of halogens is 2. The van der Waals surface area contributed by atoms with Crippen LogP contribution in [-0.4, -0.2) is 38.1 Å². The van der Waals surface area contributed by atoms with Crippen LogP contribution in [0.1, 0.15) is 11.1 Å². The number of nitrogens with one attached hydrogen (secondary N) is 2. The maximum atomic E-state index is 13.6. The van der Waals surface area contributed by atoms with Gasteiger partial charge in [-0.15, -0.1) is 0 Å². The number of benzene rings is 2. The average Bonchev–Trinajstić information content (AvgIpc) is 2.67. The van der Waals surface area contributed by atoms with E-state index in [4.69, 9.17) is 0 Å². The van der Waals surface area contributed by atoms with Gasteiger partial charge in [0.15, 0.2) is 0 Å². The van der Waals surface area contributed by atoms with Crippen LogP contribution in [0, 0.1) is 12.7 Å². The van der Waals surface area contributed by atoms with Crippen molar-refractivity contribution in [3.8, 4) is 0 Å². The molecular weight excluding hydrogens is 465 g/mol. The summed E-state index contributed by atoms with van der Waals surface area (Å²) in [6, 6.07) is 10.5. The topological polar surface area (TPSA) is 95.6 Å². The zero-order valence-electron chi connectivity index (χ0n) is 15.6. The maximum absolute atomic E-state index is 13.6. The number of amides is 2. The van der Waals surface area contributed by atoms with Crippen molar-refractivity contribution in [3.63, 3.8) is 0 Å². The Hall–Kier alpha value is -2.56. The van der Waals surface area contributed by atoms with Crippen molar-refractivity contribution < 1.29 is 22.4 Å². The Balaban J connectivity index is 1.90. The Bertz CT molecular complexity index is 1040. The van der Waals surface area contributed by atoms with Gasteiger partial charge in [-0.25, -0.2) is 12.8 Å². The third kappa shape index (κ3) is 6.48. The van der Waals surface area contributed by atoms with Gasteiger partial charge in [0.1, 0.15) is 5.82 Å². The summed E-state index contributed by atoms with van der Waals surface area (Å²) in [7, 11) is -2.59. The lowest BCUT2D eigenvalue weighted by atomic mass is 10.2. The summed E-state index contributed by atoms with van der Waals surface area (Å²) in [6.07, 6.45) is 2.29. The van der Waals surface area contributed by atoms with Crippen molar-refractivity contribution in [1.82, 2.24) is 15.2 Å². The van der Waals surface area contributed by atoms with Crippen LogP contribution in [0.2, 0.25) is 0 Å². The van der Waals surface area contributed by atoms with Crippen LogP contribution < -0.4 is 10.9 Å². The smallest absolute Gasteiger partial charge is 0.262 e. The van der Waals surface area contributed by atoms with Crippen molar-refractivity contribution in [3.05, 3.63) is 70.0 Å². The summed E-state index contributed by atoms with van der Waals surface area (Å²) >= 11 is 3.20. The predicted octanol–water partition coefficient (Wildman–Crippen LogP) is 2.38. The fraction of sp³-hybridized carbons (Fsp3) is 0.158. The van der Waals surface area contributed by atoms with E-state index in [-0.39, 0.29) is 10.5 Å². The Morgan fingerprint density at radius 1 is 1.14 bits per heavy atom. The molecule has 2 amide bonds. The van der Waals surface area contributed by atoms with E-state index in [1.165, 1.54) is 43.5 Å². The number of sulfonamides is 1. The van der Waals surface area contributed by atoms with Gasteiger partial charge in [0.2, 0.25) is 10.0 Å². The van der Waals surface area contributed by atoms with Crippen LogP contribution in [0.4, 0.5) is 4.39 Å². The molecule has 0 aliphatic rings. The first-order chi connectivity index (χ1) is 13.6. The van der Waals surface area contributed by atoms with Crippen molar-refractivity contribution in [2.24, 2.45) is 0 Å². The third-order valence-electron chi connectivity index (χ3n) is 3.79. The Kier molecular flexibility index (Phi) is 7.66. The number of carbonyl (C=O) groups excluding carboxylic acids is 2. The van der Waals surface area contributed by atoms with Crippen molar-refractivity contribution in [1.29, 1.82) is 0 Å². The molecule has 0 aliphatic carbocycles. The summed E-state index contributed by atoms with van der Waals surface area (Å²) in [5, 5.41) is 0. The fourth-order valence-electron chi connectivity index (χ4n) is 2.20. The average molecular weight is 484 g/mol. The first-order valence-corrected chi connectivity index (χ1v) is 10.6.